The van der Waals surface area contributed by atoms with E-state index in [0.717, 1.165) is 38.5 Å². The zero-order chi connectivity index (χ0) is 48.1. The first-order valence-corrected chi connectivity index (χ1v) is 30.1. The molecule has 0 aliphatic heterocycles. The summed E-state index contributed by atoms with van der Waals surface area (Å²) in [5.74, 6) is -0.588. The van der Waals surface area contributed by atoms with E-state index in [0.29, 0.717) is 12.8 Å². The Morgan fingerprint density at radius 2 is 0.621 bits per heavy atom. The lowest BCUT2D eigenvalue weighted by atomic mass is 10.00. The molecule has 4 atom stereocenters. The van der Waals surface area contributed by atoms with Crippen molar-refractivity contribution in [3.63, 3.8) is 0 Å². The molecule has 6 nitrogen and oxygen atoms in total. The van der Waals surface area contributed by atoms with Gasteiger partial charge in [0.1, 0.15) is 12.2 Å². The van der Waals surface area contributed by atoms with Gasteiger partial charge in [0.15, 0.2) is 0 Å². The second kappa shape index (κ2) is 55.0. The summed E-state index contributed by atoms with van der Waals surface area (Å²) in [5.41, 5.74) is 0. The summed E-state index contributed by atoms with van der Waals surface area (Å²) < 4.78 is 0. The van der Waals surface area contributed by atoms with Crippen LogP contribution in [0.25, 0.3) is 0 Å². The Labute approximate surface area is 412 Å². The molecular weight excluding hydrogens is 815 g/mol. The number of amides is 1. The number of aliphatic hydroxyl groups excluding tert-OH is 4. The average Bonchev–Trinajstić information content (AvgIpc) is 3.32. The third kappa shape index (κ3) is 48.1. The molecule has 0 aliphatic carbocycles. The summed E-state index contributed by atoms with van der Waals surface area (Å²) in [7, 11) is 0. The van der Waals surface area contributed by atoms with Gasteiger partial charge in [0.05, 0.1) is 18.8 Å². The third-order valence-electron chi connectivity index (χ3n) is 14.5. The summed E-state index contributed by atoms with van der Waals surface area (Å²) in [6, 6.07) is -0.998. The molecule has 0 fully saturated rings. The predicted octanol–water partition coefficient (Wildman–Crippen LogP) is 17.6. The Morgan fingerprint density at radius 3 is 0.909 bits per heavy atom. The molecule has 4 unspecified atom stereocenters. The van der Waals surface area contributed by atoms with Crippen molar-refractivity contribution < 1.29 is 25.2 Å². The number of nitrogens with one attached hydrogen (secondary N) is 1. The molecule has 0 heterocycles. The van der Waals surface area contributed by atoms with Crippen molar-refractivity contribution in [2.75, 3.05) is 6.61 Å². The molecule has 0 aliphatic rings. The summed E-state index contributed by atoms with van der Waals surface area (Å²) in [6.07, 6.45) is 66.2. The monoisotopic (exact) mass is 934 g/mol. The molecule has 0 aromatic heterocycles. The van der Waals surface area contributed by atoms with Crippen LogP contribution in [0.3, 0.4) is 0 Å². The number of rotatable bonds is 56. The molecule has 0 rings (SSSR count). The maximum absolute atomic E-state index is 12.6. The van der Waals surface area contributed by atoms with Gasteiger partial charge >= 0.3 is 0 Å². The van der Waals surface area contributed by atoms with Crippen LogP contribution < -0.4 is 5.32 Å². The Bertz CT molecular complexity index is 959. The fourth-order valence-electron chi connectivity index (χ4n) is 9.76. The van der Waals surface area contributed by atoms with Crippen LogP contribution in [0, 0.1) is 0 Å². The van der Waals surface area contributed by atoms with Crippen molar-refractivity contribution in [2.24, 2.45) is 0 Å². The van der Waals surface area contributed by atoms with E-state index in [2.05, 4.69) is 31.3 Å². The van der Waals surface area contributed by atoms with Crippen molar-refractivity contribution in [1.29, 1.82) is 0 Å². The van der Waals surface area contributed by atoms with Gasteiger partial charge in [-0.15, -0.1) is 0 Å². The largest absolute Gasteiger partial charge is 0.394 e. The molecular formula is C60H119NO5. The Hall–Kier alpha value is -0.950. The third-order valence-corrected chi connectivity index (χ3v) is 14.5. The van der Waals surface area contributed by atoms with E-state index < -0.39 is 36.9 Å². The molecule has 0 saturated carbocycles. The molecule has 394 valence electrons. The van der Waals surface area contributed by atoms with E-state index >= 15 is 0 Å². The van der Waals surface area contributed by atoms with E-state index in [-0.39, 0.29) is 0 Å². The van der Waals surface area contributed by atoms with Gasteiger partial charge in [-0.05, 0) is 38.5 Å². The summed E-state index contributed by atoms with van der Waals surface area (Å²) >= 11 is 0. The smallest absolute Gasteiger partial charge is 0.249 e. The molecule has 0 aromatic carbocycles. The van der Waals surface area contributed by atoms with Crippen molar-refractivity contribution in [3.05, 3.63) is 12.2 Å². The predicted molar refractivity (Wildman–Crippen MR) is 288 cm³/mol. The highest BCUT2D eigenvalue weighted by molar-refractivity contribution is 5.80. The SMILES string of the molecule is CCCCCCCCC/C=C/CCCC(O)C(O)C(CO)NC(=O)C(O)CCCCCCCCCCCCCCCCCCCCCCCCCCCCCCCCCCCCCCCC. The minimum atomic E-state index is -1.28. The highest BCUT2D eigenvalue weighted by Gasteiger charge is 2.28. The maximum Gasteiger partial charge on any atom is 0.249 e. The van der Waals surface area contributed by atoms with Gasteiger partial charge in [-0.2, -0.15) is 0 Å². The number of unbranched alkanes of at least 4 members (excludes halogenated alkanes) is 45. The van der Waals surface area contributed by atoms with Gasteiger partial charge in [0.25, 0.3) is 0 Å². The Morgan fingerprint density at radius 1 is 0.364 bits per heavy atom. The highest BCUT2D eigenvalue weighted by Crippen LogP contribution is 2.19. The summed E-state index contributed by atoms with van der Waals surface area (Å²) in [4.78, 5) is 12.6. The maximum atomic E-state index is 12.6. The number of carbonyl (C=O) groups excluding carboxylic acids is 1. The number of allylic oxidation sites excluding steroid dienone is 2. The molecule has 66 heavy (non-hydrogen) atoms. The van der Waals surface area contributed by atoms with Crippen LogP contribution >= 0.6 is 0 Å². The van der Waals surface area contributed by atoms with Crippen LogP contribution in [0.5, 0.6) is 0 Å². The number of aliphatic hydroxyl groups is 4. The number of carbonyl (C=O) groups is 1. The quantitative estimate of drug-likeness (QED) is 0.0308. The van der Waals surface area contributed by atoms with Gasteiger partial charge in [-0.25, -0.2) is 0 Å². The molecule has 5 N–H and O–H groups in total. The molecule has 0 spiro atoms. The van der Waals surface area contributed by atoms with E-state index in [9.17, 15) is 25.2 Å². The summed E-state index contributed by atoms with van der Waals surface area (Å²) in [5, 5.41) is 43.8. The summed E-state index contributed by atoms with van der Waals surface area (Å²) in [6.45, 7) is 4.05. The van der Waals surface area contributed by atoms with Crippen molar-refractivity contribution >= 4 is 5.91 Å². The molecule has 0 saturated heterocycles. The molecule has 0 radical (unpaired) electrons. The lowest BCUT2D eigenvalue weighted by molar-refractivity contribution is -0.132. The molecule has 6 heteroatoms. The topological polar surface area (TPSA) is 110 Å². The number of hydrogen-bond donors (Lipinski definition) is 5. The second-order valence-electron chi connectivity index (χ2n) is 21.1. The van der Waals surface area contributed by atoms with Gasteiger partial charge in [-0.3, -0.25) is 4.79 Å². The lowest BCUT2D eigenvalue weighted by Crippen LogP contribution is -2.53. The van der Waals surface area contributed by atoms with Gasteiger partial charge in [0, 0.05) is 0 Å². The number of hydrogen-bond acceptors (Lipinski definition) is 5. The first-order valence-electron chi connectivity index (χ1n) is 30.1. The fraction of sp³-hybridized carbons (Fsp3) is 0.950. The fourth-order valence-corrected chi connectivity index (χ4v) is 9.76. The highest BCUT2D eigenvalue weighted by atomic mass is 16.3. The van der Waals surface area contributed by atoms with Gasteiger partial charge in [-0.1, -0.05) is 309 Å². The van der Waals surface area contributed by atoms with E-state index in [1.165, 1.54) is 270 Å². The van der Waals surface area contributed by atoms with E-state index in [1.54, 1.807) is 0 Å². The van der Waals surface area contributed by atoms with Crippen LogP contribution in [0.4, 0.5) is 0 Å². The van der Waals surface area contributed by atoms with E-state index in [1.807, 2.05) is 0 Å². The lowest BCUT2D eigenvalue weighted by Gasteiger charge is -2.27. The first-order chi connectivity index (χ1) is 32.5. The van der Waals surface area contributed by atoms with Crippen LogP contribution in [-0.4, -0.2) is 57.3 Å². The Balaban J connectivity index is 3.45. The first kappa shape index (κ1) is 65.0. The van der Waals surface area contributed by atoms with Crippen LogP contribution in [0.15, 0.2) is 12.2 Å². The van der Waals surface area contributed by atoms with Crippen LogP contribution in [-0.2, 0) is 4.79 Å². The molecule has 1 amide bonds. The van der Waals surface area contributed by atoms with Crippen LogP contribution in [0.1, 0.15) is 335 Å². The van der Waals surface area contributed by atoms with Gasteiger partial charge in [0.2, 0.25) is 5.91 Å². The van der Waals surface area contributed by atoms with Crippen molar-refractivity contribution in [3.8, 4) is 0 Å². The van der Waals surface area contributed by atoms with E-state index in [4.69, 9.17) is 0 Å². The second-order valence-corrected chi connectivity index (χ2v) is 21.1. The molecule has 0 bridgehead atoms. The normalized spacial score (nSPS) is 13.7. The van der Waals surface area contributed by atoms with Crippen molar-refractivity contribution in [2.45, 2.75) is 359 Å². The Kier molecular flexibility index (Phi) is 54.2. The van der Waals surface area contributed by atoms with Crippen molar-refractivity contribution in [1.82, 2.24) is 5.32 Å². The molecule has 0 aromatic rings. The minimum absolute atomic E-state index is 0.369. The average molecular weight is 935 g/mol. The minimum Gasteiger partial charge on any atom is -0.394 e. The van der Waals surface area contributed by atoms with Crippen LogP contribution in [0.2, 0.25) is 0 Å². The zero-order valence-electron chi connectivity index (χ0n) is 44.7. The standard InChI is InChI=1S/C60H119NO5/c1-3-5-7-9-11-13-15-17-18-19-20-21-22-23-24-25-26-27-28-29-30-31-32-33-34-35-36-37-38-39-40-41-42-44-46-48-50-52-54-58(64)60(66)61-56(55-62)59(65)57(63)53-51-49-47-45-43-16-14-12-10-8-6-4-2/h45,47,56-59,62-65H,3-44,46,48-55H2,1-2H3,(H,61,66)/b47-45+. The van der Waals surface area contributed by atoms with Gasteiger partial charge < -0.3 is 25.7 Å². The zero-order valence-corrected chi connectivity index (χ0v) is 44.7.